The Morgan fingerprint density at radius 3 is 2.26 bits per heavy atom. The quantitative estimate of drug-likeness (QED) is 0.507. The first-order valence-electron chi connectivity index (χ1n) is 8.75. The number of nitrogens with two attached hydrogens (primary N) is 2. The fourth-order valence-electron chi connectivity index (χ4n) is 1.38. The molecule has 0 aromatic heterocycles. The largest absolute Gasteiger partial charge is 0.494 e. The van der Waals surface area contributed by atoms with Crippen molar-refractivity contribution in [1.82, 2.24) is 0 Å². The highest BCUT2D eigenvalue weighted by molar-refractivity contribution is 5.58. The summed E-state index contributed by atoms with van der Waals surface area (Å²) >= 11 is 0. The minimum absolute atomic E-state index is 0.0949. The number of ether oxygens (including phenoxy) is 2. The molecular weight excluding hydrogens is 312 g/mol. The van der Waals surface area contributed by atoms with Gasteiger partial charge >= 0.3 is 5.69 Å². The number of rotatable bonds is 3. The van der Waals surface area contributed by atoms with Gasteiger partial charge in [-0.25, -0.2) is 4.39 Å². The van der Waals surface area contributed by atoms with E-state index in [4.69, 9.17) is 19.7 Å². The van der Waals surface area contributed by atoms with Crippen LogP contribution in [0.5, 0.6) is 11.5 Å². The van der Waals surface area contributed by atoms with Gasteiger partial charge in [0, 0.05) is 18.2 Å². The molecular formula is C14H15F2N3O4. The van der Waals surface area contributed by atoms with Crippen LogP contribution in [-0.4, -0.2) is 19.0 Å². The van der Waals surface area contributed by atoms with Gasteiger partial charge < -0.3 is 20.9 Å². The number of hydrogen-bond acceptors (Lipinski definition) is 6. The molecule has 0 aliphatic rings. The van der Waals surface area contributed by atoms with Gasteiger partial charge in [0.15, 0.2) is 0 Å². The van der Waals surface area contributed by atoms with Crippen molar-refractivity contribution in [2.45, 2.75) is 0 Å². The zero-order valence-corrected chi connectivity index (χ0v) is 11.4. The fraction of sp³-hybridized carbons (Fsp3) is 0.143. The fourth-order valence-corrected chi connectivity index (χ4v) is 1.38. The summed E-state index contributed by atoms with van der Waals surface area (Å²) in [6.07, 6.45) is 0. The molecule has 2 rings (SSSR count). The Labute approximate surface area is 139 Å². The molecule has 2 aromatic carbocycles. The SMILES string of the molecule is [2H]C([2H])([2H])Oc1cc(F)c([N+](=O)[O-])cc1N.[2H]C([2H])([2H])Oc1cc(F)ccc1N. The molecule has 0 bridgehead atoms. The number of nitrogens with zero attached hydrogens (tertiary/aromatic N) is 1. The second-order valence-electron chi connectivity index (χ2n) is 3.98. The number of hydrogen-bond donors (Lipinski definition) is 2. The lowest BCUT2D eigenvalue weighted by atomic mass is 10.2. The van der Waals surface area contributed by atoms with E-state index in [2.05, 4.69) is 9.47 Å². The van der Waals surface area contributed by atoms with Crippen LogP contribution in [0.2, 0.25) is 0 Å². The van der Waals surface area contributed by atoms with Gasteiger partial charge in [-0.2, -0.15) is 4.39 Å². The van der Waals surface area contributed by atoms with Gasteiger partial charge in [0.1, 0.15) is 17.3 Å². The molecule has 0 saturated carbocycles. The first-order valence-corrected chi connectivity index (χ1v) is 5.75. The molecule has 7 nitrogen and oxygen atoms in total. The van der Waals surface area contributed by atoms with Crippen molar-refractivity contribution in [3.63, 3.8) is 0 Å². The van der Waals surface area contributed by atoms with Gasteiger partial charge in [0.2, 0.25) is 5.82 Å². The highest BCUT2D eigenvalue weighted by atomic mass is 19.1. The molecule has 0 saturated heterocycles. The van der Waals surface area contributed by atoms with Crippen LogP contribution in [0.25, 0.3) is 0 Å². The smallest absolute Gasteiger partial charge is 0.307 e. The lowest BCUT2D eigenvalue weighted by molar-refractivity contribution is -0.387. The van der Waals surface area contributed by atoms with Crippen LogP contribution >= 0.6 is 0 Å². The van der Waals surface area contributed by atoms with Crippen molar-refractivity contribution < 1.29 is 31.4 Å². The number of nitrogen functional groups attached to an aromatic ring is 2. The van der Waals surface area contributed by atoms with Crippen LogP contribution in [0, 0.1) is 21.7 Å². The van der Waals surface area contributed by atoms with Crippen molar-refractivity contribution >= 4 is 17.1 Å². The average Bonchev–Trinajstić information content (AvgIpc) is 2.52. The second kappa shape index (κ2) is 7.78. The van der Waals surface area contributed by atoms with Crippen molar-refractivity contribution in [2.24, 2.45) is 0 Å². The first kappa shape index (κ1) is 10.6. The molecule has 0 atom stereocenters. The molecule has 0 amide bonds. The maximum Gasteiger partial charge on any atom is 0.307 e. The molecule has 0 radical (unpaired) electrons. The summed E-state index contributed by atoms with van der Waals surface area (Å²) in [5.74, 6) is -2.42. The van der Waals surface area contributed by atoms with Crippen LogP contribution in [0.3, 0.4) is 0 Å². The molecule has 4 N–H and O–H groups in total. The van der Waals surface area contributed by atoms with E-state index in [1.165, 1.54) is 6.07 Å². The highest BCUT2D eigenvalue weighted by Crippen LogP contribution is 2.29. The number of anilines is 2. The predicted octanol–water partition coefficient (Wildman–Crippen LogP) is 2.74. The van der Waals surface area contributed by atoms with E-state index in [0.29, 0.717) is 12.1 Å². The van der Waals surface area contributed by atoms with Crippen LogP contribution in [0.1, 0.15) is 8.22 Å². The first-order chi connectivity index (χ1) is 13.1. The number of benzene rings is 2. The van der Waals surface area contributed by atoms with E-state index in [1.54, 1.807) is 0 Å². The molecule has 9 heteroatoms. The summed E-state index contributed by atoms with van der Waals surface area (Å²) in [6.45, 7) is 0. The Kier molecular flexibility index (Phi) is 3.58. The number of nitro benzene ring substituents is 1. The predicted molar refractivity (Wildman–Crippen MR) is 81.4 cm³/mol. The standard InChI is InChI=1S/C7H7FN2O3.C7H8FNO/c1-13-7-2-4(8)6(10(11)12)3-5(7)9;1-10-7-4-5(8)2-3-6(7)9/h2-3H,9H2,1H3;2-4H,9H2,1H3/i2*1D3. The third kappa shape index (κ3) is 4.70. The molecule has 0 aliphatic heterocycles. The van der Waals surface area contributed by atoms with Crippen LogP contribution < -0.4 is 20.9 Å². The summed E-state index contributed by atoms with van der Waals surface area (Å²) in [5, 5.41) is 10.3. The van der Waals surface area contributed by atoms with E-state index in [9.17, 15) is 18.9 Å². The summed E-state index contributed by atoms with van der Waals surface area (Å²) in [4.78, 5) is 9.36. The third-order valence-corrected chi connectivity index (χ3v) is 2.47. The number of halogens is 2. The van der Waals surface area contributed by atoms with Crippen LogP contribution in [0.4, 0.5) is 25.8 Å². The third-order valence-electron chi connectivity index (χ3n) is 2.47. The van der Waals surface area contributed by atoms with Gasteiger partial charge in [-0.05, 0) is 12.1 Å². The van der Waals surface area contributed by atoms with Crippen molar-refractivity contribution in [3.05, 3.63) is 52.1 Å². The van der Waals surface area contributed by atoms with E-state index in [-0.39, 0.29) is 17.1 Å². The van der Waals surface area contributed by atoms with E-state index < -0.39 is 42.1 Å². The minimum Gasteiger partial charge on any atom is -0.494 e. The lowest BCUT2D eigenvalue weighted by Gasteiger charge is -2.03. The van der Waals surface area contributed by atoms with Crippen molar-refractivity contribution in [3.8, 4) is 11.5 Å². The molecule has 0 aliphatic carbocycles. The van der Waals surface area contributed by atoms with Gasteiger partial charge in [-0.3, -0.25) is 10.1 Å². The van der Waals surface area contributed by atoms with E-state index in [1.807, 2.05) is 0 Å². The van der Waals surface area contributed by atoms with E-state index >= 15 is 0 Å². The molecule has 0 spiro atoms. The Morgan fingerprint density at radius 2 is 1.70 bits per heavy atom. The van der Waals surface area contributed by atoms with Gasteiger partial charge in [0.25, 0.3) is 0 Å². The van der Waals surface area contributed by atoms with E-state index in [0.717, 1.165) is 12.1 Å². The summed E-state index contributed by atoms with van der Waals surface area (Å²) in [6, 6.07) is 4.58. The highest BCUT2D eigenvalue weighted by Gasteiger charge is 2.17. The Hall–Kier alpha value is -3.10. The molecule has 0 unspecified atom stereocenters. The molecule has 23 heavy (non-hydrogen) atoms. The van der Waals surface area contributed by atoms with Gasteiger partial charge in [-0.15, -0.1) is 0 Å². The summed E-state index contributed by atoms with van der Waals surface area (Å²) < 4.78 is 75.1. The molecule has 124 valence electrons. The lowest BCUT2D eigenvalue weighted by Crippen LogP contribution is -1.98. The number of nitro groups is 1. The maximum absolute atomic E-state index is 13.1. The topological polar surface area (TPSA) is 114 Å². The minimum atomic E-state index is -2.79. The van der Waals surface area contributed by atoms with Crippen molar-refractivity contribution in [2.75, 3.05) is 25.5 Å². The molecule has 0 fully saturated rings. The normalized spacial score (nSPS) is 14.5. The second-order valence-corrected chi connectivity index (χ2v) is 3.98. The summed E-state index contributed by atoms with van der Waals surface area (Å²) in [5.41, 5.74) is 9.59. The maximum atomic E-state index is 13.1. The van der Waals surface area contributed by atoms with Gasteiger partial charge in [0.05, 0.1) is 38.6 Å². The Morgan fingerprint density at radius 1 is 1.09 bits per heavy atom. The molecule has 0 heterocycles. The molecule has 2 aromatic rings. The van der Waals surface area contributed by atoms with Crippen LogP contribution in [-0.2, 0) is 0 Å². The number of methoxy groups -OCH3 is 2. The monoisotopic (exact) mass is 333 g/mol. The van der Waals surface area contributed by atoms with Crippen molar-refractivity contribution in [1.29, 1.82) is 0 Å². The van der Waals surface area contributed by atoms with Crippen LogP contribution in [0.15, 0.2) is 30.3 Å². The average molecular weight is 333 g/mol. The Bertz CT molecular complexity index is 893. The zero-order chi connectivity index (χ0) is 22.6. The van der Waals surface area contributed by atoms with Gasteiger partial charge in [-0.1, -0.05) is 0 Å². The zero-order valence-electron chi connectivity index (χ0n) is 17.4. The summed E-state index contributed by atoms with van der Waals surface area (Å²) in [7, 11) is -5.40. The Balaban J connectivity index is 0.000000296.